The van der Waals surface area contributed by atoms with Crippen LogP contribution in [0.1, 0.15) is 29.0 Å². The highest BCUT2D eigenvalue weighted by atomic mass is 16.3. The maximum absolute atomic E-state index is 6.55. The number of hydrogen-bond acceptors (Lipinski definition) is 4. The number of benzene rings is 8. The molecule has 2 unspecified atom stereocenters. The van der Waals surface area contributed by atoms with Crippen LogP contribution in [0.5, 0.6) is 0 Å². The predicted octanol–water partition coefficient (Wildman–Crippen LogP) is 11.6. The molecule has 1 aromatic heterocycles. The van der Waals surface area contributed by atoms with Crippen LogP contribution in [0.25, 0.3) is 65.7 Å². The molecule has 4 nitrogen and oxygen atoms in total. The van der Waals surface area contributed by atoms with Gasteiger partial charge in [0, 0.05) is 16.3 Å². The molecule has 0 saturated heterocycles. The van der Waals surface area contributed by atoms with Gasteiger partial charge in [-0.2, -0.15) is 0 Å². The average Bonchev–Trinajstić information content (AvgIpc) is 3.59. The first kappa shape index (κ1) is 29.4. The van der Waals surface area contributed by atoms with E-state index in [0.29, 0.717) is 0 Å². The Morgan fingerprint density at radius 2 is 1.14 bits per heavy atom. The summed E-state index contributed by atoms with van der Waals surface area (Å²) in [5.74, 6) is 0.842. The van der Waals surface area contributed by atoms with Gasteiger partial charge >= 0.3 is 0 Å². The summed E-state index contributed by atoms with van der Waals surface area (Å²) in [6.07, 6.45) is -0.488. The molecule has 10 rings (SSSR count). The summed E-state index contributed by atoms with van der Waals surface area (Å²) in [5, 5.41) is 14.7. The zero-order valence-corrected chi connectivity index (χ0v) is 27.8. The Hall–Kier alpha value is -6.49. The van der Waals surface area contributed by atoms with Gasteiger partial charge in [-0.25, -0.2) is 4.99 Å². The summed E-state index contributed by atoms with van der Waals surface area (Å²) < 4.78 is 6.55. The Labute approximate surface area is 295 Å². The van der Waals surface area contributed by atoms with Gasteiger partial charge < -0.3 is 9.73 Å². The molecule has 0 spiro atoms. The molecule has 0 bridgehead atoms. The van der Waals surface area contributed by atoms with Crippen LogP contribution in [0, 0.1) is 0 Å². The topological polar surface area (TPSA) is 49.6 Å². The Morgan fingerprint density at radius 1 is 0.451 bits per heavy atom. The van der Waals surface area contributed by atoms with Gasteiger partial charge in [-0.3, -0.25) is 5.32 Å². The van der Waals surface area contributed by atoms with Crippen LogP contribution in [-0.4, -0.2) is 5.84 Å². The van der Waals surface area contributed by atoms with E-state index >= 15 is 0 Å². The van der Waals surface area contributed by atoms with Crippen LogP contribution < -0.4 is 10.6 Å². The first-order valence-electron chi connectivity index (χ1n) is 17.4. The molecule has 51 heavy (non-hydrogen) atoms. The Kier molecular flexibility index (Phi) is 7.00. The molecular formula is C47H33N3O. The summed E-state index contributed by atoms with van der Waals surface area (Å²) in [4.78, 5) is 5.35. The largest absolute Gasteiger partial charge is 0.456 e. The van der Waals surface area contributed by atoms with Crippen molar-refractivity contribution in [2.45, 2.75) is 12.3 Å². The number of hydrogen-bond donors (Lipinski definition) is 2. The number of amidine groups is 1. The standard InChI is InChI=1S/C47H33N3O/c1-2-13-33(14-3-1)45-48-46(34-24-22-32(23-25-34)39-19-10-16-31-12-6-7-17-38(31)39)50-47(49-45)37-28-41(36-26-21-30-11-4-5-15-35(30)27-36)44-40-18-8-9-20-42(40)51-43(44)29-37/h1-29,45,47,49H,(H,48,50). The molecule has 0 saturated carbocycles. The second-order valence-corrected chi connectivity index (χ2v) is 13.2. The monoisotopic (exact) mass is 655 g/mol. The highest BCUT2D eigenvalue weighted by Gasteiger charge is 2.27. The number of para-hydroxylation sites is 1. The van der Waals surface area contributed by atoms with Gasteiger partial charge in [0.25, 0.3) is 0 Å². The third-order valence-corrected chi connectivity index (χ3v) is 10.1. The summed E-state index contributed by atoms with van der Waals surface area (Å²) in [6, 6.07) is 62.3. The van der Waals surface area contributed by atoms with Gasteiger partial charge in [0.15, 0.2) is 0 Å². The van der Waals surface area contributed by atoms with Crippen molar-refractivity contribution in [1.82, 2.24) is 10.6 Å². The molecule has 2 heterocycles. The third-order valence-electron chi connectivity index (χ3n) is 10.1. The maximum Gasteiger partial charge on any atom is 0.136 e. The lowest BCUT2D eigenvalue weighted by molar-refractivity contribution is 0.409. The lowest BCUT2D eigenvalue weighted by atomic mass is 9.94. The molecule has 8 aromatic carbocycles. The number of aliphatic imine (C=N–C) groups is 1. The lowest BCUT2D eigenvalue weighted by Gasteiger charge is -2.32. The zero-order chi connectivity index (χ0) is 33.7. The summed E-state index contributed by atoms with van der Waals surface area (Å²) in [7, 11) is 0. The van der Waals surface area contributed by atoms with Crippen molar-refractivity contribution < 1.29 is 4.42 Å². The van der Waals surface area contributed by atoms with E-state index in [4.69, 9.17) is 9.41 Å². The van der Waals surface area contributed by atoms with E-state index in [2.05, 4.69) is 174 Å². The molecule has 0 amide bonds. The first-order valence-corrected chi connectivity index (χ1v) is 17.4. The second-order valence-electron chi connectivity index (χ2n) is 13.2. The highest BCUT2D eigenvalue weighted by Crippen LogP contribution is 2.40. The van der Waals surface area contributed by atoms with Gasteiger partial charge in [-0.1, -0.05) is 152 Å². The van der Waals surface area contributed by atoms with Crippen LogP contribution in [0.15, 0.2) is 185 Å². The molecule has 2 N–H and O–H groups in total. The molecule has 4 heteroatoms. The van der Waals surface area contributed by atoms with E-state index in [0.717, 1.165) is 55.6 Å². The lowest BCUT2D eigenvalue weighted by Crippen LogP contribution is -2.44. The molecule has 1 aliphatic heterocycles. The van der Waals surface area contributed by atoms with E-state index < -0.39 is 0 Å². The van der Waals surface area contributed by atoms with E-state index in [1.165, 1.54) is 32.7 Å². The van der Waals surface area contributed by atoms with Gasteiger partial charge in [-0.05, 0) is 79.2 Å². The Bertz CT molecular complexity index is 2760. The fourth-order valence-electron chi connectivity index (χ4n) is 7.60. The smallest absolute Gasteiger partial charge is 0.136 e. The Morgan fingerprint density at radius 3 is 2.00 bits per heavy atom. The molecule has 242 valence electrons. The first-order chi connectivity index (χ1) is 25.2. The van der Waals surface area contributed by atoms with Gasteiger partial charge in [0.05, 0.1) is 0 Å². The average molecular weight is 656 g/mol. The van der Waals surface area contributed by atoms with Crippen LogP contribution in [-0.2, 0) is 0 Å². The molecule has 0 radical (unpaired) electrons. The summed E-state index contributed by atoms with van der Waals surface area (Å²) in [5.41, 5.74) is 9.62. The van der Waals surface area contributed by atoms with Gasteiger partial charge in [0.2, 0.25) is 0 Å². The van der Waals surface area contributed by atoms with Crippen molar-refractivity contribution in [2.24, 2.45) is 4.99 Å². The maximum atomic E-state index is 6.55. The van der Waals surface area contributed by atoms with Crippen LogP contribution in [0.4, 0.5) is 0 Å². The SMILES string of the molecule is c1ccc(C2NC(c3ccc(-c4cccc5ccccc45)cc3)=NC(c3cc(-c4ccc5ccccc5c4)c4c(c3)oc3ccccc34)N2)cc1. The number of furan rings is 1. The van der Waals surface area contributed by atoms with E-state index in [1.54, 1.807) is 0 Å². The minimum absolute atomic E-state index is 0.156. The third kappa shape index (κ3) is 5.25. The van der Waals surface area contributed by atoms with Crippen molar-refractivity contribution >= 4 is 49.3 Å². The molecule has 0 aliphatic carbocycles. The minimum atomic E-state index is -0.332. The predicted molar refractivity (Wildman–Crippen MR) is 211 cm³/mol. The van der Waals surface area contributed by atoms with Crippen LogP contribution in [0.2, 0.25) is 0 Å². The van der Waals surface area contributed by atoms with Crippen molar-refractivity contribution in [3.63, 3.8) is 0 Å². The van der Waals surface area contributed by atoms with Gasteiger partial charge in [0.1, 0.15) is 29.3 Å². The van der Waals surface area contributed by atoms with E-state index in [9.17, 15) is 0 Å². The van der Waals surface area contributed by atoms with Crippen molar-refractivity contribution in [2.75, 3.05) is 0 Å². The molecule has 9 aromatic rings. The fraction of sp³-hybridized carbons (Fsp3) is 0.0426. The van der Waals surface area contributed by atoms with Crippen molar-refractivity contribution in [1.29, 1.82) is 0 Å². The van der Waals surface area contributed by atoms with E-state index in [-0.39, 0.29) is 12.3 Å². The summed E-state index contributed by atoms with van der Waals surface area (Å²) in [6.45, 7) is 0. The zero-order valence-electron chi connectivity index (χ0n) is 27.8. The molecule has 0 fully saturated rings. The highest BCUT2D eigenvalue weighted by molar-refractivity contribution is 6.13. The van der Waals surface area contributed by atoms with Crippen molar-refractivity contribution in [3.8, 4) is 22.3 Å². The quantitative estimate of drug-likeness (QED) is 0.194. The Balaban J connectivity index is 1.11. The van der Waals surface area contributed by atoms with Crippen LogP contribution in [0.3, 0.4) is 0 Å². The number of rotatable bonds is 5. The molecule has 1 aliphatic rings. The van der Waals surface area contributed by atoms with Crippen molar-refractivity contribution in [3.05, 3.63) is 193 Å². The molecule has 2 atom stereocenters. The summed E-state index contributed by atoms with van der Waals surface area (Å²) >= 11 is 0. The normalized spacial score (nSPS) is 16.0. The van der Waals surface area contributed by atoms with Gasteiger partial charge in [-0.15, -0.1) is 0 Å². The number of fused-ring (bicyclic) bond motifs is 5. The minimum Gasteiger partial charge on any atom is -0.456 e. The molecular weight excluding hydrogens is 623 g/mol. The second kappa shape index (κ2) is 12.1. The fourth-order valence-corrected chi connectivity index (χ4v) is 7.60. The van der Waals surface area contributed by atoms with Crippen LogP contribution >= 0.6 is 0 Å². The number of nitrogens with zero attached hydrogens (tertiary/aromatic N) is 1. The van der Waals surface area contributed by atoms with E-state index in [1.807, 2.05) is 12.1 Å². The number of nitrogens with one attached hydrogen (secondary N) is 2.